The first kappa shape index (κ1) is 11.7. The first-order valence-electron chi connectivity index (χ1n) is 4.52. The highest BCUT2D eigenvalue weighted by atomic mass is 35.5. The van der Waals surface area contributed by atoms with Crippen molar-refractivity contribution in [2.24, 2.45) is 0 Å². The van der Waals surface area contributed by atoms with E-state index in [1.54, 1.807) is 30.3 Å². The van der Waals surface area contributed by atoms with Gasteiger partial charge in [-0.05, 0) is 19.1 Å². The Hall–Kier alpha value is -1.35. The predicted octanol–water partition coefficient (Wildman–Crippen LogP) is 2.38. The molecule has 0 aliphatic heterocycles. The summed E-state index contributed by atoms with van der Waals surface area (Å²) in [4.78, 5) is 17.3. The molecule has 0 N–H and O–H groups in total. The molecule has 0 saturated carbocycles. The van der Waals surface area contributed by atoms with Crippen LogP contribution in [0.1, 0.15) is 17.3 Å². The molecule has 0 spiro atoms. The van der Waals surface area contributed by atoms with Crippen molar-refractivity contribution >= 4 is 17.5 Å². The summed E-state index contributed by atoms with van der Waals surface area (Å²) in [5, 5.41) is 0.232. The molecule has 0 aliphatic rings. The molecule has 15 heavy (non-hydrogen) atoms. The summed E-state index contributed by atoms with van der Waals surface area (Å²) in [6.45, 7) is 6.14. The maximum Gasteiger partial charge on any atom is 0.257 e. The largest absolute Gasteiger partial charge is 0.338 e. The molecule has 0 aromatic carbocycles. The average molecular weight is 225 g/mol. The van der Waals surface area contributed by atoms with Gasteiger partial charge in [0.2, 0.25) is 0 Å². The maximum atomic E-state index is 11.9. The van der Waals surface area contributed by atoms with Crippen LogP contribution in [0.5, 0.6) is 0 Å². The smallest absolute Gasteiger partial charge is 0.257 e. The summed E-state index contributed by atoms with van der Waals surface area (Å²) >= 11 is 5.82. The highest BCUT2D eigenvalue weighted by Crippen LogP contribution is 2.13. The lowest BCUT2D eigenvalue weighted by molar-refractivity contribution is 0.0807. The molecule has 1 heterocycles. The van der Waals surface area contributed by atoms with Crippen molar-refractivity contribution < 1.29 is 4.79 Å². The summed E-state index contributed by atoms with van der Waals surface area (Å²) in [6.07, 6.45) is 1.55. The van der Waals surface area contributed by atoms with Crippen molar-refractivity contribution in [1.82, 2.24) is 9.88 Å². The highest BCUT2D eigenvalue weighted by molar-refractivity contribution is 6.32. The lowest BCUT2D eigenvalue weighted by atomic mass is 10.2. The van der Waals surface area contributed by atoms with Crippen molar-refractivity contribution in [3.8, 4) is 0 Å². The molecule has 0 fully saturated rings. The Bertz CT molecular complexity index is 390. The topological polar surface area (TPSA) is 33.2 Å². The number of aromatic nitrogens is 1. The van der Waals surface area contributed by atoms with Gasteiger partial charge >= 0.3 is 0 Å². The van der Waals surface area contributed by atoms with E-state index in [9.17, 15) is 4.79 Å². The number of amides is 1. The predicted molar refractivity (Wildman–Crippen MR) is 61.0 cm³/mol. The molecule has 0 saturated heterocycles. The van der Waals surface area contributed by atoms with Gasteiger partial charge in [0.25, 0.3) is 5.91 Å². The number of likely N-dealkylation sites (N-methyl/N-ethyl adjacent to an activating group) is 1. The first-order valence-corrected chi connectivity index (χ1v) is 4.90. The van der Waals surface area contributed by atoms with Gasteiger partial charge in [0.1, 0.15) is 5.15 Å². The fourth-order valence-electron chi connectivity index (χ4n) is 1.23. The Balaban J connectivity index is 2.85. The third-order valence-corrected chi connectivity index (χ3v) is 2.14. The lowest BCUT2D eigenvalue weighted by Crippen LogP contribution is -2.28. The molecule has 4 heteroatoms. The molecule has 0 unspecified atom stereocenters. The van der Waals surface area contributed by atoms with E-state index >= 15 is 0 Å². The molecule has 80 valence electrons. The molecule has 0 radical (unpaired) electrons. The minimum Gasteiger partial charge on any atom is -0.338 e. The van der Waals surface area contributed by atoms with Crippen molar-refractivity contribution in [3.05, 3.63) is 41.2 Å². The van der Waals surface area contributed by atoms with Gasteiger partial charge in [0, 0.05) is 19.8 Å². The van der Waals surface area contributed by atoms with Gasteiger partial charge in [-0.2, -0.15) is 0 Å². The van der Waals surface area contributed by atoms with Gasteiger partial charge in [0.05, 0.1) is 5.56 Å². The maximum absolute atomic E-state index is 11.9. The van der Waals surface area contributed by atoms with Crippen LogP contribution in [-0.2, 0) is 0 Å². The summed E-state index contributed by atoms with van der Waals surface area (Å²) in [7, 11) is 1.71. The minimum atomic E-state index is -0.142. The number of hydrogen-bond donors (Lipinski definition) is 0. The average Bonchev–Trinajstić information content (AvgIpc) is 2.16. The van der Waals surface area contributed by atoms with Gasteiger partial charge in [0.15, 0.2) is 0 Å². The molecule has 0 aliphatic carbocycles. The van der Waals surface area contributed by atoms with Crippen molar-refractivity contribution in [3.63, 3.8) is 0 Å². The summed E-state index contributed by atoms with van der Waals surface area (Å²) in [6, 6.07) is 3.35. The number of halogens is 1. The van der Waals surface area contributed by atoms with E-state index in [-0.39, 0.29) is 11.1 Å². The van der Waals surface area contributed by atoms with Gasteiger partial charge in [-0.1, -0.05) is 23.8 Å². The van der Waals surface area contributed by atoms with Crippen molar-refractivity contribution in [2.75, 3.05) is 13.6 Å². The number of nitrogens with zero attached hydrogens (tertiary/aromatic N) is 2. The number of pyridine rings is 1. The van der Waals surface area contributed by atoms with Crippen molar-refractivity contribution in [1.29, 1.82) is 0 Å². The Labute approximate surface area is 94.4 Å². The molecular weight excluding hydrogens is 212 g/mol. The second kappa shape index (κ2) is 4.94. The SMILES string of the molecule is C=C(C)CN(C)C(=O)c1cccnc1Cl. The normalized spacial score (nSPS) is 9.80. The van der Waals surface area contributed by atoms with E-state index in [1.165, 1.54) is 0 Å². The van der Waals surface area contributed by atoms with Crippen LogP contribution in [0.25, 0.3) is 0 Å². The molecule has 1 amide bonds. The number of hydrogen-bond acceptors (Lipinski definition) is 2. The van der Waals surface area contributed by atoms with Crippen LogP contribution < -0.4 is 0 Å². The summed E-state index contributed by atoms with van der Waals surface area (Å²) in [5.74, 6) is -0.142. The van der Waals surface area contributed by atoms with Crippen LogP contribution in [0.4, 0.5) is 0 Å². The lowest BCUT2D eigenvalue weighted by Gasteiger charge is -2.17. The van der Waals surface area contributed by atoms with Crippen molar-refractivity contribution in [2.45, 2.75) is 6.92 Å². The fourth-order valence-corrected chi connectivity index (χ4v) is 1.43. The van der Waals surface area contributed by atoms with E-state index in [0.717, 1.165) is 5.57 Å². The third-order valence-electron chi connectivity index (χ3n) is 1.84. The molecule has 3 nitrogen and oxygen atoms in total. The third kappa shape index (κ3) is 3.06. The summed E-state index contributed by atoms with van der Waals surface area (Å²) in [5.41, 5.74) is 1.34. The Morgan fingerprint density at radius 2 is 2.33 bits per heavy atom. The molecule has 0 bridgehead atoms. The molecule has 0 atom stereocenters. The first-order chi connectivity index (χ1) is 7.02. The van der Waals surface area contributed by atoms with Crippen LogP contribution >= 0.6 is 11.6 Å². The molecule has 1 aromatic rings. The quantitative estimate of drug-likeness (QED) is 0.584. The fraction of sp³-hybridized carbons (Fsp3) is 0.273. The van der Waals surface area contributed by atoms with Gasteiger partial charge < -0.3 is 4.90 Å². The monoisotopic (exact) mass is 224 g/mol. The zero-order valence-electron chi connectivity index (χ0n) is 8.83. The second-order valence-electron chi connectivity index (χ2n) is 3.46. The Morgan fingerprint density at radius 1 is 1.67 bits per heavy atom. The van der Waals surface area contributed by atoms with Gasteiger partial charge in [-0.3, -0.25) is 4.79 Å². The molecule has 1 rings (SSSR count). The minimum absolute atomic E-state index is 0.142. The van der Waals surface area contributed by atoms with Crippen LogP contribution in [-0.4, -0.2) is 29.4 Å². The summed E-state index contributed by atoms with van der Waals surface area (Å²) < 4.78 is 0. The van der Waals surface area contributed by atoms with Crippen LogP contribution in [0, 0.1) is 0 Å². The van der Waals surface area contributed by atoms with Crippen LogP contribution in [0.3, 0.4) is 0 Å². The van der Waals surface area contributed by atoms with E-state index in [1.807, 2.05) is 6.92 Å². The zero-order chi connectivity index (χ0) is 11.4. The zero-order valence-corrected chi connectivity index (χ0v) is 9.58. The second-order valence-corrected chi connectivity index (χ2v) is 3.82. The Morgan fingerprint density at radius 3 is 2.87 bits per heavy atom. The molecular formula is C11H13ClN2O. The van der Waals surface area contributed by atoms with Gasteiger partial charge in [-0.15, -0.1) is 0 Å². The van der Waals surface area contributed by atoms with Crippen LogP contribution in [0.15, 0.2) is 30.5 Å². The van der Waals surface area contributed by atoms with E-state index in [0.29, 0.717) is 12.1 Å². The number of rotatable bonds is 3. The molecule has 1 aromatic heterocycles. The number of carbonyl (C=O) groups is 1. The van der Waals surface area contributed by atoms with Gasteiger partial charge in [-0.25, -0.2) is 4.98 Å². The Kier molecular flexibility index (Phi) is 3.86. The van der Waals surface area contributed by atoms with E-state index in [2.05, 4.69) is 11.6 Å². The number of carbonyl (C=O) groups excluding carboxylic acids is 1. The standard InChI is InChI=1S/C11H13ClN2O/c1-8(2)7-14(3)11(15)9-5-4-6-13-10(9)12/h4-6H,1,7H2,2-3H3. The van der Waals surface area contributed by atoms with Crippen LogP contribution in [0.2, 0.25) is 5.15 Å². The van der Waals surface area contributed by atoms with E-state index < -0.39 is 0 Å². The highest BCUT2D eigenvalue weighted by Gasteiger charge is 2.14. The van der Waals surface area contributed by atoms with E-state index in [4.69, 9.17) is 11.6 Å².